The first kappa shape index (κ1) is 32.8. The van der Waals surface area contributed by atoms with Crippen LogP contribution in [0.5, 0.6) is 11.5 Å². The lowest BCUT2D eigenvalue weighted by Crippen LogP contribution is -2.19. The summed E-state index contributed by atoms with van der Waals surface area (Å²) in [5.74, 6) is 0.133. The molecule has 0 fully saturated rings. The lowest BCUT2D eigenvalue weighted by Gasteiger charge is -2.32. The van der Waals surface area contributed by atoms with Gasteiger partial charge in [-0.3, -0.25) is 13.8 Å². The highest BCUT2D eigenvalue weighted by Crippen LogP contribution is 2.47. The summed E-state index contributed by atoms with van der Waals surface area (Å²) in [6, 6.07) is 12.8. The van der Waals surface area contributed by atoms with Gasteiger partial charge in [-0.2, -0.15) is 0 Å². The third kappa shape index (κ3) is 10.6. The van der Waals surface area contributed by atoms with Crippen molar-refractivity contribution in [1.29, 1.82) is 0 Å². The molecule has 2 aromatic rings. The maximum atomic E-state index is 12.9. The SMILES string of the molecule is C=C(C)[C@@H]1CCC(C)=C[C@H]1c1c(O)cc(CCCCC)cc1OC(=O)CCCCOP(=O)(O)OCc1ccccc1. The lowest BCUT2D eigenvalue weighted by molar-refractivity contribution is -0.134. The lowest BCUT2D eigenvalue weighted by atomic mass is 9.73. The van der Waals surface area contributed by atoms with Crippen molar-refractivity contribution in [1.82, 2.24) is 0 Å². The number of carbonyl (C=O) groups excluding carboxylic acids is 1. The summed E-state index contributed by atoms with van der Waals surface area (Å²) in [6.07, 6.45) is 8.91. The predicted molar refractivity (Wildman–Crippen MR) is 162 cm³/mol. The quantitative estimate of drug-likeness (QED) is 0.0670. The van der Waals surface area contributed by atoms with Gasteiger partial charge >= 0.3 is 13.8 Å². The molecule has 1 aliphatic carbocycles. The molecule has 0 amide bonds. The van der Waals surface area contributed by atoms with Crippen molar-refractivity contribution in [3.63, 3.8) is 0 Å². The van der Waals surface area contributed by atoms with Gasteiger partial charge in [0.15, 0.2) is 0 Å². The summed E-state index contributed by atoms with van der Waals surface area (Å²) in [5.41, 5.74) is 4.61. The van der Waals surface area contributed by atoms with E-state index >= 15 is 0 Å². The van der Waals surface area contributed by atoms with Crippen LogP contribution in [0.3, 0.4) is 0 Å². The number of aryl methyl sites for hydroxylation is 1. The zero-order valence-corrected chi connectivity index (χ0v) is 25.5. The van der Waals surface area contributed by atoms with E-state index in [1.54, 1.807) is 18.2 Å². The van der Waals surface area contributed by atoms with E-state index in [2.05, 4.69) is 26.5 Å². The van der Waals surface area contributed by atoms with Gasteiger partial charge < -0.3 is 14.7 Å². The fourth-order valence-corrected chi connectivity index (χ4v) is 5.96. The van der Waals surface area contributed by atoms with E-state index in [0.29, 0.717) is 24.2 Å². The van der Waals surface area contributed by atoms with Gasteiger partial charge in [-0.25, -0.2) is 4.57 Å². The van der Waals surface area contributed by atoms with E-state index in [0.717, 1.165) is 55.2 Å². The van der Waals surface area contributed by atoms with Crippen LogP contribution in [0.15, 0.2) is 66.3 Å². The largest absolute Gasteiger partial charge is 0.507 e. The molecule has 3 rings (SSSR count). The molecular formula is C33H45O7P. The van der Waals surface area contributed by atoms with Crippen LogP contribution in [0.4, 0.5) is 0 Å². The second kappa shape index (κ2) is 16.1. The molecule has 0 saturated heterocycles. The number of ether oxygens (including phenoxy) is 1. The van der Waals surface area contributed by atoms with Gasteiger partial charge in [0.2, 0.25) is 0 Å². The van der Waals surface area contributed by atoms with E-state index < -0.39 is 13.8 Å². The fourth-order valence-electron chi connectivity index (χ4n) is 5.21. The normalized spacial score (nSPS) is 18.4. The molecule has 0 aromatic heterocycles. The van der Waals surface area contributed by atoms with E-state index in [1.165, 1.54) is 5.57 Å². The average Bonchev–Trinajstić information content (AvgIpc) is 2.92. The van der Waals surface area contributed by atoms with Crippen molar-refractivity contribution < 1.29 is 33.1 Å². The summed E-state index contributed by atoms with van der Waals surface area (Å²) in [5, 5.41) is 11.2. The number of carbonyl (C=O) groups is 1. The van der Waals surface area contributed by atoms with Gasteiger partial charge in [0.05, 0.1) is 13.2 Å². The molecule has 0 heterocycles. The van der Waals surface area contributed by atoms with Crippen LogP contribution in [-0.2, 0) is 31.4 Å². The number of phosphoric ester groups is 1. The molecule has 2 aromatic carbocycles. The molecule has 41 heavy (non-hydrogen) atoms. The number of allylic oxidation sites excluding steroid dienone is 3. The third-order valence-corrected chi connectivity index (χ3v) is 8.42. The number of unbranched alkanes of at least 4 members (excludes halogenated alkanes) is 3. The van der Waals surface area contributed by atoms with Crippen molar-refractivity contribution >= 4 is 13.8 Å². The van der Waals surface area contributed by atoms with Crippen LogP contribution >= 0.6 is 7.82 Å². The summed E-state index contributed by atoms with van der Waals surface area (Å²) in [6.45, 7) is 10.4. The first-order valence-corrected chi connectivity index (χ1v) is 16.1. The Balaban J connectivity index is 1.62. The number of phenolic OH excluding ortho intramolecular Hbond substituents is 1. The maximum absolute atomic E-state index is 12.9. The summed E-state index contributed by atoms with van der Waals surface area (Å²) in [4.78, 5) is 22.8. The number of hydrogen-bond acceptors (Lipinski definition) is 6. The Labute approximate surface area is 244 Å². The summed E-state index contributed by atoms with van der Waals surface area (Å²) in [7, 11) is -4.20. The molecule has 7 nitrogen and oxygen atoms in total. The molecule has 0 radical (unpaired) electrons. The van der Waals surface area contributed by atoms with E-state index in [-0.39, 0.29) is 37.2 Å². The van der Waals surface area contributed by atoms with Gasteiger partial charge in [0.1, 0.15) is 11.5 Å². The van der Waals surface area contributed by atoms with Crippen molar-refractivity contribution in [3.8, 4) is 11.5 Å². The van der Waals surface area contributed by atoms with Crippen LogP contribution in [-0.4, -0.2) is 22.6 Å². The number of aromatic hydroxyl groups is 1. The summed E-state index contributed by atoms with van der Waals surface area (Å²) >= 11 is 0. The van der Waals surface area contributed by atoms with Crippen molar-refractivity contribution in [2.75, 3.05) is 6.61 Å². The Bertz CT molecular complexity index is 1240. The minimum atomic E-state index is -4.20. The van der Waals surface area contributed by atoms with Crippen LogP contribution in [0.2, 0.25) is 0 Å². The molecular weight excluding hydrogens is 539 g/mol. The Morgan fingerprint density at radius 2 is 1.83 bits per heavy atom. The molecule has 1 unspecified atom stereocenters. The van der Waals surface area contributed by atoms with E-state index in [4.69, 9.17) is 13.8 Å². The molecule has 0 spiro atoms. The number of hydrogen-bond donors (Lipinski definition) is 2. The molecule has 1 aliphatic rings. The minimum absolute atomic E-state index is 0.0266. The molecule has 3 atom stereocenters. The minimum Gasteiger partial charge on any atom is -0.507 e. The number of rotatable bonds is 16. The fraction of sp³-hybridized carbons (Fsp3) is 0.485. The number of phosphoric acid groups is 1. The van der Waals surface area contributed by atoms with Crippen LogP contribution < -0.4 is 4.74 Å². The van der Waals surface area contributed by atoms with Crippen LogP contribution in [0, 0.1) is 5.92 Å². The Morgan fingerprint density at radius 1 is 1.07 bits per heavy atom. The molecule has 0 aliphatic heterocycles. The third-order valence-electron chi connectivity index (χ3n) is 7.45. The highest BCUT2D eigenvalue weighted by molar-refractivity contribution is 7.47. The van der Waals surface area contributed by atoms with Crippen molar-refractivity contribution in [2.45, 2.75) is 91.1 Å². The molecule has 2 N–H and O–H groups in total. The highest BCUT2D eigenvalue weighted by Gasteiger charge is 2.31. The Hall–Kier alpha value is -2.70. The van der Waals surface area contributed by atoms with Gasteiger partial charge in [-0.1, -0.05) is 73.9 Å². The zero-order valence-electron chi connectivity index (χ0n) is 24.6. The first-order valence-electron chi connectivity index (χ1n) is 14.6. The average molecular weight is 585 g/mol. The molecule has 224 valence electrons. The number of benzene rings is 2. The highest BCUT2D eigenvalue weighted by atomic mass is 31.2. The number of phenols is 1. The van der Waals surface area contributed by atoms with Crippen molar-refractivity contribution in [2.24, 2.45) is 5.92 Å². The van der Waals surface area contributed by atoms with Gasteiger partial charge in [-0.05, 0) is 81.5 Å². The topological polar surface area (TPSA) is 102 Å². The second-order valence-electron chi connectivity index (χ2n) is 11.0. The zero-order chi connectivity index (χ0) is 29.8. The smallest absolute Gasteiger partial charge is 0.472 e. The van der Waals surface area contributed by atoms with Crippen molar-refractivity contribution in [3.05, 3.63) is 83.0 Å². The van der Waals surface area contributed by atoms with Gasteiger partial charge in [0.25, 0.3) is 0 Å². The van der Waals surface area contributed by atoms with Crippen LogP contribution in [0.25, 0.3) is 0 Å². The standard InChI is InChI=1S/C33H45O7P/c1-5-6-8-15-27-21-30(34)33(29-20-25(4)17-18-28(29)24(2)3)31(22-27)40-32(35)16-11-12-19-38-41(36,37)39-23-26-13-9-7-10-14-26/h7,9-10,13-14,20-22,28-29,34H,2,5-6,8,11-12,15-19,23H2,1,3-4H3,(H,36,37)/t28-,29+/m0/s1. The summed E-state index contributed by atoms with van der Waals surface area (Å²) < 4.78 is 28.2. The van der Waals surface area contributed by atoms with E-state index in [1.807, 2.05) is 31.2 Å². The van der Waals surface area contributed by atoms with Gasteiger partial charge in [0, 0.05) is 17.9 Å². The first-order chi connectivity index (χ1) is 19.6. The van der Waals surface area contributed by atoms with E-state index in [9.17, 15) is 19.4 Å². The van der Waals surface area contributed by atoms with Gasteiger partial charge in [-0.15, -0.1) is 0 Å². The molecule has 0 bridgehead atoms. The Kier molecular flexibility index (Phi) is 12.9. The second-order valence-corrected chi connectivity index (χ2v) is 12.5. The predicted octanol–water partition coefficient (Wildman–Crippen LogP) is 8.55. The molecule has 0 saturated carbocycles. The number of esters is 1. The van der Waals surface area contributed by atoms with Crippen LogP contribution in [0.1, 0.15) is 94.7 Å². The maximum Gasteiger partial charge on any atom is 0.472 e. The monoisotopic (exact) mass is 584 g/mol. The Morgan fingerprint density at radius 3 is 2.54 bits per heavy atom. The molecule has 8 heteroatoms.